The summed E-state index contributed by atoms with van der Waals surface area (Å²) in [6.07, 6.45) is 1.85. The van der Waals surface area contributed by atoms with Gasteiger partial charge in [-0.15, -0.1) is 11.3 Å². The minimum absolute atomic E-state index is 0.832. The van der Waals surface area contributed by atoms with Crippen molar-refractivity contribution in [2.45, 2.75) is 0 Å². The third-order valence-corrected chi connectivity index (χ3v) is 6.35. The molecule has 1 aromatic carbocycles. The Balaban J connectivity index is 2.14. The molecule has 0 aliphatic rings. The number of benzene rings is 1. The number of aryl methyl sites for hydroxylation is 1. The Labute approximate surface area is 145 Å². The Bertz CT molecular complexity index is 988. The van der Waals surface area contributed by atoms with Crippen LogP contribution in [0, 0.1) is 3.57 Å². The first-order chi connectivity index (χ1) is 10.7. The van der Waals surface area contributed by atoms with Crippen LogP contribution in [0.25, 0.3) is 31.7 Å². The Hall–Kier alpha value is -1.67. The first-order valence-corrected chi connectivity index (χ1v) is 8.76. The highest BCUT2D eigenvalue weighted by Crippen LogP contribution is 2.42. The van der Waals surface area contributed by atoms with Gasteiger partial charge in [0, 0.05) is 14.1 Å². The molecule has 110 valence electrons. The lowest BCUT2D eigenvalue weighted by atomic mass is 10.2. The predicted octanol–water partition coefficient (Wildman–Crippen LogP) is 4.50. The normalized spacial score (nSPS) is 11.4. The molecule has 4 rings (SSSR count). The average Bonchev–Trinajstić information content (AvgIpc) is 3.09. The number of imidazole rings is 1. The minimum Gasteiger partial charge on any atom is -0.371 e. The van der Waals surface area contributed by atoms with E-state index in [9.17, 15) is 0 Å². The van der Waals surface area contributed by atoms with Crippen LogP contribution in [-0.4, -0.2) is 21.6 Å². The van der Waals surface area contributed by atoms with Crippen molar-refractivity contribution in [3.63, 3.8) is 0 Å². The van der Waals surface area contributed by atoms with Crippen molar-refractivity contribution in [3.8, 4) is 10.4 Å². The van der Waals surface area contributed by atoms with Gasteiger partial charge >= 0.3 is 0 Å². The smallest absolute Gasteiger partial charge is 0.154 e. The molecule has 6 heteroatoms. The Morgan fingerprint density at radius 1 is 1.18 bits per heavy atom. The summed E-state index contributed by atoms with van der Waals surface area (Å²) >= 11 is 4.19. The van der Waals surface area contributed by atoms with Crippen LogP contribution in [0.3, 0.4) is 0 Å². The van der Waals surface area contributed by atoms with Crippen LogP contribution >= 0.6 is 33.9 Å². The van der Waals surface area contributed by atoms with Crippen LogP contribution < -0.4 is 5.32 Å². The zero-order valence-electron chi connectivity index (χ0n) is 12.1. The molecule has 1 N–H and O–H groups in total. The fourth-order valence-electron chi connectivity index (χ4n) is 2.65. The maximum atomic E-state index is 4.80. The highest BCUT2D eigenvalue weighted by molar-refractivity contribution is 14.1. The lowest BCUT2D eigenvalue weighted by Gasteiger charge is -2.03. The Morgan fingerprint density at radius 3 is 2.68 bits per heavy atom. The molecule has 0 aliphatic carbocycles. The topological polar surface area (TPSA) is 42.7 Å². The van der Waals surface area contributed by atoms with Crippen LogP contribution in [-0.2, 0) is 7.05 Å². The van der Waals surface area contributed by atoms with Gasteiger partial charge in [0.1, 0.15) is 5.52 Å². The standard InChI is InChI=1S/C16H13IN4S/c1-18-16-12-13(21(2)8-19-12)15-11(20-16)10(17)14(22-15)9-6-4-3-5-7-9/h3-8H,1-2H3,(H,18,20). The Kier molecular flexibility index (Phi) is 3.30. The average molecular weight is 420 g/mol. The summed E-state index contributed by atoms with van der Waals surface area (Å²) in [5.74, 6) is 0.832. The van der Waals surface area contributed by atoms with E-state index in [0.717, 1.165) is 22.4 Å². The summed E-state index contributed by atoms with van der Waals surface area (Å²) in [6, 6.07) is 10.5. The van der Waals surface area contributed by atoms with Crippen LogP contribution in [0.1, 0.15) is 0 Å². The summed E-state index contributed by atoms with van der Waals surface area (Å²) in [7, 11) is 3.92. The molecular formula is C16H13IN4S. The highest BCUT2D eigenvalue weighted by Gasteiger charge is 2.19. The van der Waals surface area contributed by atoms with Gasteiger partial charge < -0.3 is 9.88 Å². The van der Waals surface area contributed by atoms with Gasteiger partial charge in [-0.3, -0.25) is 0 Å². The molecule has 0 saturated heterocycles. The van der Waals surface area contributed by atoms with Crippen molar-refractivity contribution in [3.05, 3.63) is 40.2 Å². The SMILES string of the molecule is CNc1nc2c(I)c(-c3ccccc3)sc2c2c1ncn2C. The lowest BCUT2D eigenvalue weighted by molar-refractivity contribution is 0.951. The minimum atomic E-state index is 0.832. The van der Waals surface area contributed by atoms with Crippen LogP contribution in [0.2, 0.25) is 0 Å². The van der Waals surface area contributed by atoms with Gasteiger partial charge in [-0.05, 0) is 28.2 Å². The van der Waals surface area contributed by atoms with Crippen LogP contribution in [0.4, 0.5) is 5.82 Å². The number of fused-ring (bicyclic) bond motifs is 3. The van der Waals surface area contributed by atoms with Gasteiger partial charge in [-0.25, -0.2) is 9.97 Å². The fraction of sp³-hybridized carbons (Fsp3) is 0.125. The molecule has 0 saturated carbocycles. The van der Waals surface area contributed by atoms with Crippen LogP contribution in [0.15, 0.2) is 36.7 Å². The van der Waals surface area contributed by atoms with E-state index in [0.29, 0.717) is 0 Å². The summed E-state index contributed by atoms with van der Waals surface area (Å²) in [5, 5.41) is 3.17. The van der Waals surface area contributed by atoms with Gasteiger partial charge in [-0.2, -0.15) is 0 Å². The molecule has 0 bridgehead atoms. The number of rotatable bonds is 2. The van der Waals surface area contributed by atoms with E-state index in [4.69, 9.17) is 4.98 Å². The molecule has 0 amide bonds. The van der Waals surface area contributed by atoms with Gasteiger partial charge in [0.05, 0.1) is 30.5 Å². The molecule has 4 aromatic rings. The van der Waals surface area contributed by atoms with Crippen molar-refractivity contribution in [2.24, 2.45) is 7.05 Å². The largest absolute Gasteiger partial charge is 0.371 e. The summed E-state index contributed by atoms with van der Waals surface area (Å²) < 4.78 is 4.46. The molecule has 3 heterocycles. The van der Waals surface area contributed by atoms with E-state index in [1.807, 2.05) is 26.5 Å². The second-order valence-electron chi connectivity index (χ2n) is 5.05. The summed E-state index contributed by atoms with van der Waals surface area (Å²) in [4.78, 5) is 10.6. The molecule has 0 radical (unpaired) electrons. The molecule has 0 aliphatic heterocycles. The number of nitrogens with one attached hydrogen (secondary N) is 1. The zero-order valence-corrected chi connectivity index (χ0v) is 15.1. The number of thiophene rings is 1. The van der Waals surface area contributed by atoms with E-state index < -0.39 is 0 Å². The zero-order chi connectivity index (χ0) is 15.3. The third-order valence-electron chi connectivity index (χ3n) is 3.70. The van der Waals surface area contributed by atoms with Gasteiger partial charge in [0.25, 0.3) is 0 Å². The monoisotopic (exact) mass is 420 g/mol. The fourth-order valence-corrected chi connectivity index (χ4v) is 5.09. The van der Waals surface area contributed by atoms with Crippen molar-refractivity contribution in [2.75, 3.05) is 12.4 Å². The van der Waals surface area contributed by atoms with Crippen LogP contribution in [0.5, 0.6) is 0 Å². The van der Waals surface area contributed by atoms with Gasteiger partial charge in [0.15, 0.2) is 5.82 Å². The molecule has 0 spiro atoms. The van der Waals surface area contributed by atoms with E-state index in [2.05, 4.69) is 61.7 Å². The Morgan fingerprint density at radius 2 is 1.95 bits per heavy atom. The number of pyridine rings is 1. The molecule has 4 nitrogen and oxygen atoms in total. The van der Waals surface area contributed by atoms with Crippen molar-refractivity contribution in [1.82, 2.24) is 14.5 Å². The van der Waals surface area contributed by atoms with Gasteiger partial charge in [-0.1, -0.05) is 30.3 Å². The molecule has 0 unspecified atom stereocenters. The molecule has 3 aromatic heterocycles. The van der Waals surface area contributed by atoms with E-state index in [-0.39, 0.29) is 0 Å². The number of nitrogens with zero attached hydrogens (tertiary/aromatic N) is 3. The number of aromatic nitrogens is 3. The second kappa shape index (κ2) is 5.20. The van der Waals surface area contributed by atoms with E-state index in [1.54, 1.807) is 11.3 Å². The van der Waals surface area contributed by atoms with Crippen molar-refractivity contribution in [1.29, 1.82) is 0 Å². The third kappa shape index (κ3) is 1.94. The van der Waals surface area contributed by atoms with Gasteiger partial charge in [0.2, 0.25) is 0 Å². The second-order valence-corrected chi connectivity index (χ2v) is 7.15. The first-order valence-electron chi connectivity index (χ1n) is 6.87. The summed E-state index contributed by atoms with van der Waals surface area (Å²) in [6.45, 7) is 0. The number of anilines is 1. The molecular weight excluding hydrogens is 407 g/mol. The number of hydrogen-bond acceptors (Lipinski definition) is 4. The van der Waals surface area contributed by atoms with Crippen molar-refractivity contribution >= 4 is 61.0 Å². The lowest BCUT2D eigenvalue weighted by Crippen LogP contribution is -1.95. The highest BCUT2D eigenvalue weighted by atomic mass is 127. The van der Waals surface area contributed by atoms with E-state index >= 15 is 0 Å². The maximum absolute atomic E-state index is 4.80. The maximum Gasteiger partial charge on any atom is 0.154 e. The number of halogens is 1. The number of hydrogen-bond donors (Lipinski definition) is 1. The molecule has 22 heavy (non-hydrogen) atoms. The predicted molar refractivity (Wildman–Crippen MR) is 102 cm³/mol. The summed E-state index contributed by atoms with van der Waals surface area (Å²) in [5.41, 5.74) is 4.34. The van der Waals surface area contributed by atoms with Crippen molar-refractivity contribution < 1.29 is 0 Å². The molecule has 0 atom stereocenters. The first kappa shape index (κ1) is 14.0. The molecule has 0 fully saturated rings. The van der Waals surface area contributed by atoms with E-state index in [1.165, 1.54) is 18.7 Å². The quantitative estimate of drug-likeness (QED) is 0.486.